The van der Waals surface area contributed by atoms with Gasteiger partial charge < -0.3 is 0 Å². The van der Waals surface area contributed by atoms with Crippen LogP contribution in [0.4, 0.5) is 0 Å². The smallest absolute Gasteiger partial charge is 0.0757 e. The minimum atomic E-state index is -0.453. The summed E-state index contributed by atoms with van der Waals surface area (Å²) in [5.74, 6) is 7.64. The molecule has 0 amide bonds. The third kappa shape index (κ3) is 1.94. The maximum atomic E-state index is 1.66. The second-order valence-corrected chi connectivity index (χ2v) is 13.6. The average Bonchev–Trinajstić information content (AvgIpc) is 3.49. The molecule has 0 radical (unpaired) electrons. The molecule has 6 rings (SSSR count). The van der Waals surface area contributed by atoms with Crippen LogP contribution in [-0.2, 0) is 0 Å². The van der Waals surface area contributed by atoms with Crippen LogP contribution in [0.1, 0.15) is 77.0 Å². The zero-order valence-corrected chi connectivity index (χ0v) is 15.4. The van der Waals surface area contributed by atoms with Crippen LogP contribution in [0.15, 0.2) is 0 Å². The maximum absolute atomic E-state index is 1.66. The standard InChI is InChI=1S/3C7H11.Al/c3*1-2-4-7-5-6(7)3-1;/h3*5-7H,1-4H2;. The Balaban J connectivity index is 1.27. The summed E-state index contributed by atoms with van der Waals surface area (Å²) in [7, 11) is 0. The van der Waals surface area contributed by atoms with Gasteiger partial charge in [0.1, 0.15) is 0 Å². The van der Waals surface area contributed by atoms with E-state index in [0.29, 0.717) is 0 Å². The van der Waals surface area contributed by atoms with E-state index in [9.17, 15) is 0 Å². The summed E-state index contributed by atoms with van der Waals surface area (Å²) < 4.78 is 4.11. The van der Waals surface area contributed by atoms with Crippen LogP contribution in [0.3, 0.4) is 0 Å². The molecule has 0 saturated heterocycles. The Hall–Kier alpha value is 0.532. The molecule has 0 spiro atoms. The van der Waals surface area contributed by atoms with Gasteiger partial charge in [-0.05, 0) is 35.5 Å². The van der Waals surface area contributed by atoms with E-state index in [4.69, 9.17) is 0 Å². The van der Waals surface area contributed by atoms with Crippen LogP contribution < -0.4 is 0 Å². The lowest BCUT2D eigenvalue weighted by Crippen LogP contribution is -2.19. The first kappa shape index (κ1) is 13.8. The molecule has 120 valence electrons. The normalized spacial score (nSPS) is 58.1. The molecule has 0 bridgehead atoms. The summed E-state index contributed by atoms with van der Waals surface area (Å²) in [6, 6.07) is 0. The number of hydrogen-bond donors (Lipinski definition) is 0. The van der Waals surface area contributed by atoms with Crippen molar-refractivity contribution in [2.45, 2.75) is 91.4 Å². The molecular formula is C21H33Al. The number of fused-ring (bicyclic) bond motifs is 3. The molecule has 6 atom stereocenters. The van der Waals surface area contributed by atoms with Crippen molar-refractivity contribution >= 4 is 14.1 Å². The summed E-state index contributed by atoms with van der Waals surface area (Å²) in [6.45, 7) is 0. The lowest BCUT2D eigenvalue weighted by atomic mass is 10.0. The third-order valence-electron chi connectivity index (χ3n) is 9.50. The minimum Gasteiger partial charge on any atom is -0.0757 e. The first-order chi connectivity index (χ1) is 10.9. The van der Waals surface area contributed by atoms with E-state index in [-0.39, 0.29) is 0 Å². The van der Waals surface area contributed by atoms with E-state index < -0.39 is 14.1 Å². The monoisotopic (exact) mass is 312 g/mol. The van der Waals surface area contributed by atoms with Gasteiger partial charge >= 0.3 is 0 Å². The van der Waals surface area contributed by atoms with E-state index in [1.165, 1.54) is 49.8 Å². The zero-order valence-electron chi connectivity index (χ0n) is 14.3. The van der Waals surface area contributed by atoms with Crippen molar-refractivity contribution in [2.24, 2.45) is 35.5 Å². The lowest BCUT2D eigenvalue weighted by molar-refractivity contribution is 0.480. The Labute approximate surface area is 141 Å². The average molecular weight is 312 g/mol. The third-order valence-corrected chi connectivity index (χ3v) is 15.1. The Morgan fingerprint density at radius 1 is 0.364 bits per heavy atom. The van der Waals surface area contributed by atoms with E-state index >= 15 is 0 Å². The number of hydrogen-bond acceptors (Lipinski definition) is 0. The predicted molar refractivity (Wildman–Crippen MR) is 93.3 cm³/mol. The molecule has 0 aromatic rings. The fourth-order valence-electron chi connectivity index (χ4n) is 8.63. The molecular weight excluding hydrogens is 279 g/mol. The van der Waals surface area contributed by atoms with Crippen molar-refractivity contribution in [2.75, 3.05) is 0 Å². The van der Waals surface area contributed by atoms with Crippen molar-refractivity contribution in [1.82, 2.24) is 0 Å². The molecule has 0 aromatic heterocycles. The van der Waals surface area contributed by atoms with Gasteiger partial charge in [0, 0.05) is 0 Å². The topological polar surface area (TPSA) is 0 Å². The summed E-state index contributed by atoms with van der Waals surface area (Å²) in [6.07, 6.45) is 19.5. The van der Waals surface area contributed by atoms with Gasteiger partial charge in [-0.25, -0.2) is 0 Å². The van der Waals surface area contributed by atoms with Crippen LogP contribution in [0.5, 0.6) is 0 Å². The molecule has 22 heavy (non-hydrogen) atoms. The molecule has 0 heterocycles. The van der Waals surface area contributed by atoms with Gasteiger partial charge in [0.15, 0.2) is 0 Å². The highest BCUT2D eigenvalue weighted by Crippen LogP contribution is 2.77. The Morgan fingerprint density at radius 3 is 0.818 bits per heavy atom. The van der Waals surface area contributed by atoms with Gasteiger partial charge in [-0.1, -0.05) is 91.4 Å². The molecule has 6 aliphatic rings. The first-order valence-electron chi connectivity index (χ1n) is 10.9. The van der Waals surface area contributed by atoms with Crippen LogP contribution in [0.25, 0.3) is 0 Å². The molecule has 6 saturated carbocycles. The zero-order chi connectivity index (χ0) is 14.3. The summed E-state index contributed by atoms with van der Waals surface area (Å²) in [4.78, 5) is 0. The van der Waals surface area contributed by atoms with Crippen molar-refractivity contribution in [3.8, 4) is 0 Å². The molecule has 0 nitrogen and oxygen atoms in total. The van der Waals surface area contributed by atoms with Gasteiger partial charge in [0.2, 0.25) is 0 Å². The van der Waals surface area contributed by atoms with Gasteiger partial charge in [-0.3, -0.25) is 0 Å². The SMILES string of the molecule is C1CCC2C(C1)[CH]2[Al]([CH]1C2CCCCC21)[CH]1C2CCCCC21. The molecule has 0 aliphatic heterocycles. The lowest BCUT2D eigenvalue weighted by Gasteiger charge is -2.12. The minimum absolute atomic E-state index is 0.453. The second kappa shape index (κ2) is 5.02. The Morgan fingerprint density at radius 2 is 0.591 bits per heavy atom. The summed E-state index contributed by atoms with van der Waals surface area (Å²) in [5.41, 5.74) is 0. The maximum Gasteiger partial charge on any atom is 0.274 e. The largest absolute Gasteiger partial charge is 0.274 e. The van der Waals surface area contributed by atoms with Crippen molar-refractivity contribution in [3.05, 3.63) is 0 Å². The molecule has 6 fully saturated rings. The molecule has 0 N–H and O–H groups in total. The van der Waals surface area contributed by atoms with Crippen LogP contribution in [0, 0.1) is 35.5 Å². The van der Waals surface area contributed by atoms with Crippen LogP contribution in [0.2, 0.25) is 14.3 Å². The number of rotatable bonds is 3. The highest BCUT2D eigenvalue weighted by Gasteiger charge is 2.72. The summed E-state index contributed by atoms with van der Waals surface area (Å²) in [5, 5.41) is 0. The quantitative estimate of drug-likeness (QED) is 0.556. The Kier molecular flexibility index (Phi) is 3.14. The van der Waals surface area contributed by atoms with E-state index in [2.05, 4.69) is 0 Å². The van der Waals surface area contributed by atoms with Crippen molar-refractivity contribution in [3.63, 3.8) is 0 Å². The molecule has 1 heteroatoms. The van der Waals surface area contributed by atoms with Gasteiger partial charge in [-0.2, -0.15) is 0 Å². The fourth-order valence-corrected chi connectivity index (χ4v) is 16.1. The van der Waals surface area contributed by atoms with E-state index in [1.54, 1.807) is 77.0 Å². The van der Waals surface area contributed by atoms with Crippen molar-refractivity contribution in [1.29, 1.82) is 0 Å². The fraction of sp³-hybridized carbons (Fsp3) is 1.00. The van der Waals surface area contributed by atoms with Crippen LogP contribution in [-0.4, -0.2) is 14.1 Å². The molecule has 6 unspecified atom stereocenters. The van der Waals surface area contributed by atoms with E-state index in [1.807, 2.05) is 0 Å². The summed E-state index contributed by atoms with van der Waals surface area (Å²) >= 11 is -0.453. The molecule has 6 aliphatic carbocycles. The highest BCUT2D eigenvalue weighted by atomic mass is 27.2. The van der Waals surface area contributed by atoms with E-state index in [0.717, 1.165) is 0 Å². The van der Waals surface area contributed by atoms with Crippen LogP contribution >= 0.6 is 0 Å². The van der Waals surface area contributed by atoms with Crippen molar-refractivity contribution < 1.29 is 0 Å². The van der Waals surface area contributed by atoms with Gasteiger partial charge in [0.05, 0.1) is 0 Å². The predicted octanol–water partition coefficient (Wildman–Crippen LogP) is 6.05. The highest BCUT2D eigenvalue weighted by molar-refractivity contribution is 6.67. The Bertz CT molecular complexity index is 356. The van der Waals surface area contributed by atoms with Gasteiger partial charge in [-0.15, -0.1) is 0 Å². The molecule has 0 aromatic carbocycles. The first-order valence-corrected chi connectivity index (χ1v) is 12.9. The second-order valence-electron chi connectivity index (χ2n) is 10.1. The van der Waals surface area contributed by atoms with Gasteiger partial charge in [0.25, 0.3) is 14.1 Å².